The van der Waals surface area contributed by atoms with Crippen LogP contribution in [0.4, 0.5) is 0 Å². The molecule has 134 valence electrons. The number of nitrogens with zero attached hydrogens (tertiary/aromatic N) is 2. The van der Waals surface area contributed by atoms with E-state index in [1.54, 1.807) is 6.92 Å². The molecular weight excluding hydrogens is 356 g/mol. The van der Waals surface area contributed by atoms with Crippen molar-refractivity contribution in [2.75, 3.05) is 39.0 Å². The molecule has 0 aliphatic carbocycles. The first kappa shape index (κ1) is 18.8. The maximum atomic E-state index is 12.6. The van der Waals surface area contributed by atoms with Gasteiger partial charge in [-0.05, 0) is 31.2 Å². The van der Waals surface area contributed by atoms with E-state index in [2.05, 4.69) is 0 Å². The van der Waals surface area contributed by atoms with E-state index in [-0.39, 0.29) is 43.2 Å². The summed E-state index contributed by atoms with van der Waals surface area (Å²) in [5.74, 6) is -0.511. The van der Waals surface area contributed by atoms with Crippen molar-refractivity contribution < 1.29 is 26.4 Å². The van der Waals surface area contributed by atoms with Crippen molar-refractivity contribution in [3.05, 3.63) is 29.8 Å². The Morgan fingerprint density at radius 1 is 1.00 bits per heavy atom. The maximum Gasteiger partial charge on any atom is 0.338 e. The van der Waals surface area contributed by atoms with E-state index >= 15 is 0 Å². The summed E-state index contributed by atoms with van der Waals surface area (Å²) in [6.45, 7) is 2.36. The quantitative estimate of drug-likeness (QED) is 0.677. The second-order valence-corrected chi connectivity index (χ2v) is 9.23. The number of sulfonamides is 2. The van der Waals surface area contributed by atoms with Gasteiger partial charge in [0.25, 0.3) is 0 Å². The summed E-state index contributed by atoms with van der Waals surface area (Å²) in [5, 5.41) is 0. The molecule has 10 heteroatoms. The number of hydrogen-bond acceptors (Lipinski definition) is 6. The SMILES string of the molecule is CCOC(=O)c1ccc(S(=O)(=O)N2CCN(S(C)(=O)=O)CC2)cc1. The van der Waals surface area contributed by atoms with Crippen LogP contribution in [0.5, 0.6) is 0 Å². The second kappa shape index (κ2) is 7.18. The smallest absolute Gasteiger partial charge is 0.338 e. The van der Waals surface area contributed by atoms with Crippen molar-refractivity contribution in [1.29, 1.82) is 0 Å². The lowest BCUT2D eigenvalue weighted by atomic mass is 10.2. The lowest BCUT2D eigenvalue weighted by molar-refractivity contribution is 0.0526. The van der Waals surface area contributed by atoms with Crippen LogP contribution in [0.25, 0.3) is 0 Å². The molecule has 0 spiro atoms. The average molecular weight is 376 g/mol. The normalized spacial score (nSPS) is 17.6. The Morgan fingerprint density at radius 2 is 1.50 bits per heavy atom. The minimum Gasteiger partial charge on any atom is -0.462 e. The highest BCUT2D eigenvalue weighted by atomic mass is 32.2. The van der Waals surface area contributed by atoms with Crippen molar-refractivity contribution in [1.82, 2.24) is 8.61 Å². The van der Waals surface area contributed by atoms with Gasteiger partial charge in [-0.15, -0.1) is 0 Å². The zero-order chi connectivity index (χ0) is 18.0. The minimum atomic E-state index is -3.73. The Labute approximate surface area is 142 Å². The lowest BCUT2D eigenvalue weighted by Gasteiger charge is -2.32. The topological polar surface area (TPSA) is 101 Å². The van der Waals surface area contributed by atoms with Gasteiger partial charge in [-0.2, -0.15) is 8.61 Å². The molecule has 0 unspecified atom stereocenters. The fourth-order valence-corrected chi connectivity index (χ4v) is 4.62. The van der Waals surface area contributed by atoms with Crippen LogP contribution >= 0.6 is 0 Å². The molecular formula is C14H20N2O6S2. The van der Waals surface area contributed by atoms with Crippen LogP contribution in [0.1, 0.15) is 17.3 Å². The summed E-state index contributed by atoms with van der Waals surface area (Å²) in [5.41, 5.74) is 0.276. The molecule has 0 amide bonds. The van der Waals surface area contributed by atoms with Crippen LogP contribution in [0.2, 0.25) is 0 Å². The molecule has 1 fully saturated rings. The number of benzene rings is 1. The molecule has 0 aromatic heterocycles. The monoisotopic (exact) mass is 376 g/mol. The van der Waals surface area contributed by atoms with E-state index in [1.165, 1.54) is 32.9 Å². The number of hydrogen-bond donors (Lipinski definition) is 0. The van der Waals surface area contributed by atoms with Gasteiger partial charge in [-0.3, -0.25) is 0 Å². The predicted octanol–water partition coefficient (Wildman–Crippen LogP) is 0.129. The summed E-state index contributed by atoms with van der Waals surface area (Å²) in [7, 11) is -7.05. The first-order valence-electron chi connectivity index (χ1n) is 7.38. The molecule has 1 aromatic rings. The summed E-state index contributed by atoms with van der Waals surface area (Å²) < 4.78 is 55.5. The van der Waals surface area contributed by atoms with Gasteiger partial charge in [0, 0.05) is 26.2 Å². The highest BCUT2D eigenvalue weighted by Gasteiger charge is 2.31. The molecule has 1 aromatic carbocycles. The highest BCUT2D eigenvalue weighted by Crippen LogP contribution is 2.19. The molecule has 0 N–H and O–H groups in total. The molecule has 1 aliphatic rings. The van der Waals surface area contributed by atoms with Gasteiger partial charge in [-0.25, -0.2) is 21.6 Å². The van der Waals surface area contributed by atoms with E-state index in [0.29, 0.717) is 0 Å². The van der Waals surface area contributed by atoms with Gasteiger partial charge in [0.15, 0.2) is 0 Å². The Kier molecular flexibility index (Phi) is 5.63. The van der Waals surface area contributed by atoms with Gasteiger partial charge in [0.1, 0.15) is 0 Å². The molecule has 0 radical (unpaired) electrons. The molecule has 0 atom stereocenters. The molecule has 0 bridgehead atoms. The number of piperazine rings is 1. The first-order chi connectivity index (χ1) is 11.2. The van der Waals surface area contributed by atoms with Crippen LogP contribution in [-0.2, 0) is 24.8 Å². The van der Waals surface area contributed by atoms with Crippen molar-refractivity contribution in [2.24, 2.45) is 0 Å². The molecule has 1 aliphatic heterocycles. The number of carbonyl (C=O) groups excluding carboxylic acids is 1. The third kappa shape index (κ3) is 4.12. The van der Waals surface area contributed by atoms with Gasteiger partial charge in [0.05, 0.1) is 23.3 Å². The van der Waals surface area contributed by atoms with E-state index < -0.39 is 26.0 Å². The van der Waals surface area contributed by atoms with Gasteiger partial charge in [-0.1, -0.05) is 0 Å². The Morgan fingerprint density at radius 3 is 1.96 bits per heavy atom. The van der Waals surface area contributed by atoms with Crippen molar-refractivity contribution >= 4 is 26.0 Å². The molecule has 2 rings (SSSR count). The van der Waals surface area contributed by atoms with Crippen LogP contribution in [-0.4, -0.2) is 70.5 Å². The third-order valence-corrected chi connectivity index (χ3v) is 6.89. The number of ether oxygens (including phenoxy) is 1. The van der Waals surface area contributed by atoms with E-state index in [4.69, 9.17) is 4.74 Å². The van der Waals surface area contributed by atoms with Gasteiger partial charge in [0.2, 0.25) is 20.0 Å². The predicted molar refractivity (Wildman–Crippen MR) is 87.6 cm³/mol. The first-order valence-corrected chi connectivity index (χ1v) is 10.7. The third-order valence-electron chi connectivity index (χ3n) is 3.67. The molecule has 1 heterocycles. The largest absolute Gasteiger partial charge is 0.462 e. The second-order valence-electron chi connectivity index (χ2n) is 5.31. The fraction of sp³-hybridized carbons (Fsp3) is 0.500. The Bertz CT molecular complexity index is 794. The Hall–Kier alpha value is -1.49. The molecule has 0 saturated carbocycles. The number of carbonyl (C=O) groups is 1. The summed E-state index contributed by atoms with van der Waals surface area (Å²) in [4.78, 5) is 11.7. The van der Waals surface area contributed by atoms with Crippen molar-refractivity contribution in [3.63, 3.8) is 0 Å². The average Bonchev–Trinajstić information content (AvgIpc) is 2.54. The Balaban J connectivity index is 2.12. The molecule has 8 nitrogen and oxygen atoms in total. The number of esters is 1. The maximum absolute atomic E-state index is 12.6. The van der Waals surface area contributed by atoms with E-state index in [9.17, 15) is 21.6 Å². The summed E-state index contributed by atoms with van der Waals surface area (Å²) in [6.07, 6.45) is 1.10. The van der Waals surface area contributed by atoms with Crippen LogP contribution in [0, 0.1) is 0 Å². The lowest BCUT2D eigenvalue weighted by Crippen LogP contribution is -2.50. The van der Waals surface area contributed by atoms with Crippen LogP contribution < -0.4 is 0 Å². The van der Waals surface area contributed by atoms with E-state index in [0.717, 1.165) is 6.26 Å². The zero-order valence-corrected chi connectivity index (χ0v) is 15.1. The van der Waals surface area contributed by atoms with Gasteiger partial charge >= 0.3 is 5.97 Å². The van der Waals surface area contributed by atoms with E-state index in [1.807, 2.05) is 0 Å². The number of rotatable bonds is 5. The standard InChI is InChI=1S/C14H20N2O6S2/c1-3-22-14(17)12-4-6-13(7-5-12)24(20,21)16-10-8-15(9-11-16)23(2,18)19/h4-7H,3,8-11H2,1-2H3. The van der Waals surface area contributed by atoms with Crippen molar-refractivity contribution in [3.8, 4) is 0 Å². The highest BCUT2D eigenvalue weighted by molar-refractivity contribution is 7.89. The summed E-state index contributed by atoms with van der Waals surface area (Å²) >= 11 is 0. The van der Waals surface area contributed by atoms with Gasteiger partial charge < -0.3 is 4.74 Å². The molecule has 24 heavy (non-hydrogen) atoms. The molecule has 1 saturated heterocycles. The van der Waals surface area contributed by atoms with Crippen LogP contribution in [0.3, 0.4) is 0 Å². The zero-order valence-electron chi connectivity index (χ0n) is 13.5. The van der Waals surface area contributed by atoms with Crippen LogP contribution in [0.15, 0.2) is 29.2 Å². The minimum absolute atomic E-state index is 0.0587. The summed E-state index contributed by atoms with van der Waals surface area (Å²) in [6, 6.07) is 5.50. The van der Waals surface area contributed by atoms with Crippen molar-refractivity contribution in [2.45, 2.75) is 11.8 Å². The fourth-order valence-electron chi connectivity index (χ4n) is 2.37.